The first-order valence-electron chi connectivity index (χ1n) is 6.67. The number of H-pyrrole nitrogens is 1. The third kappa shape index (κ3) is 2.88. The number of aromatic amines is 1. The second-order valence-corrected chi connectivity index (χ2v) is 4.82. The molecule has 7 nitrogen and oxygen atoms in total. The summed E-state index contributed by atoms with van der Waals surface area (Å²) >= 11 is 0. The van der Waals surface area contributed by atoms with Crippen LogP contribution in [0.2, 0.25) is 0 Å². The Morgan fingerprint density at radius 1 is 1.32 bits per heavy atom. The Morgan fingerprint density at radius 2 is 2.09 bits per heavy atom. The fourth-order valence-electron chi connectivity index (χ4n) is 2.13. The van der Waals surface area contributed by atoms with Gasteiger partial charge in [0.1, 0.15) is 0 Å². The molecule has 22 heavy (non-hydrogen) atoms. The van der Waals surface area contributed by atoms with Gasteiger partial charge in [-0.2, -0.15) is 5.10 Å². The summed E-state index contributed by atoms with van der Waals surface area (Å²) in [6, 6.07) is 8.67. The highest BCUT2D eigenvalue weighted by Gasteiger charge is 2.12. The lowest BCUT2D eigenvalue weighted by Crippen LogP contribution is -2.15. The number of hydrogen-bond donors (Lipinski definition) is 1. The van der Waals surface area contributed by atoms with E-state index in [4.69, 9.17) is 9.26 Å². The summed E-state index contributed by atoms with van der Waals surface area (Å²) in [5.41, 5.74) is 0.901. The van der Waals surface area contributed by atoms with Gasteiger partial charge in [-0.1, -0.05) is 23.4 Å². The highest BCUT2D eigenvalue weighted by Crippen LogP contribution is 2.13. The summed E-state index contributed by atoms with van der Waals surface area (Å²) < 4.78 is 10.1. The van der Waals surface area contributed by atoms with Crippen LogP contribution in [0.4, 0.5) is 0 Å². The lowest BCUT2D eigenvalue weighted by Gasteiger charge is -2.05. The van der Waals surface area contributed by atoms with E-state index in [2.05, 4.69) is 15.4 Å². The number of ether oxygens (including phenoxy) is 1. The molecule has 2 heterocycles. The average Bonchev–Trinajstić information content (AvgIpc) is 2.94. The minimum absolute atomic E-state index is 0.0148. The molecule has 0 aliphatic heterocycles. The van der Waals surface area contributed by atoms with Crippen LogP contribution >= 0.6 is 0 Å². The van der Waals surface area contributed by atoms with Gasteiger partial charge in [0.25, 0.3) is 5.56 Å². The Labute approximate surface area is 124 Å². The van der Waals surface area contributed by atoms with Crippen molar-refractivity contribution in [3.05, 3.63) is 57.8 Å². The van der Waals surface area contributed by atoms with Gasteiger partial charge >= 0.3 is 5.97 Å². The summed E-state index contributed by atoms with van der Waals surface area (Å²) in [5.74, 6) is 0.0175. The predicted molar refractivity (Wildman–Crippen MR) is 77.1 cm³/mol. The number of nitrogens with one attached hydrogen (secondary N) is 1. The molecule has 0 saturated heterocycles. The van der Waals surface area contributed by atoms with Gasteiger partial charge in [0, 0.05) is 11.5 Å². The van der Waals surface area contributed by atoms with E-state index in [-0.39, 0.29) is 18.6 Å². The molecule has 0 spiro atoms. The van der Waals surface area contributed by atoms with Gasteiger partial charge < -0.3 is 9.26 Å². The zero-order chi connectivity index (χ0) is 15.5. The van der Waals surface area contributed by atoms with Crippen LogP contribution in [-0.2, 0) is 22.6 Å². The van der Waals surface area contributed by atoms with Crippen molar-refractivity contribution in [3.63, 3.8) is 0 Å². The van der Waals surface area contributed by atoms with Crippen LogP contribution in [0.15, 0.2) is 39.6 Å². The molecule has 1 aromatic carbocycles. The van der Waals surface area contributed by atoms with Gasteiger partial charge in [0.05, 0.1) is 23.2 Å². The topological polar surface area (TPSA) is 98.1 Å². The van der Waals surface area contributed by atoms with E-state index >= 15 is 0 Å². The fraction of sp³-hybridized carbons (Fsp3) is 0.200. The molecule has 0 fully saturated rings. The average molecular weight is 299 g/mol. The van der Waals surface area contributed by atoms with Crippen LogP contribution in [0.25, 0.3) is 10.8 Å². The minimum atomic E-state index is -0.459. The highest BCUT2D eigenvalue weighted by molar-refractivity contribution is 5.86. The summed E-state index contributed by atoms with van der Waals surface area (Å²) in [5, 5.41) is 11.2. The van der Waals surface area contributed by atoms with E-state index in [9.17, 15) is 9.59 Å². The first-order valence-corrected chi connectivity index (χ1v) is 6.67. The molecule has 3 rings (SSSR count). The Bertz CT molecular complexity index is 882. The molecule has 1 N–H and O–H groups in total. The van der Waals surface area contributed by atoms with Crippen LogP contribution in [0.5, 0.6) is 0 Å². The maximum Gasteiger partial charge on any atom is 0.312 e. The van der Waals surface area contributed by atoms with Gasteiger partial charge in [-0.25, -0.2) is 5.10 Å². The van der Waals surface area contributed by atoms with Crippen LogP contribution in [-0.4, -0.2) is 21.3 Å². The number of aromatic nitrogens is 3. The van der Waals surface area contributed by atoms with Gasteiger partial charge in [-0.15, -0.1) is 0 Å². The van der Waals surface area contributed by atoms with E-state index in [1.807, 2.05) is 0 Å². The fourth-order valence-corrected chi connectivity index (χ4v) is 2.13. The number of aryl methyl sites for hydroxylation is 1. The van der Waals surface area contributed by atoms with Gasteiger partial charge in [0.15, 0.2) is 12.4 Å². The molecule has 0 saturated carbocycles. The predicted octanol–water partition coefficient (Wildman–Crippen LogP) is 1.51. The molecule has 0 aliphatic carbocycles. The van der Waals surface area contributed by atoms with Crippen LogP contribution in [0.1, 0.15) is 17.1 Å². The van der Waals surface area contributed by atoms with Crippen molar-refractivity contribution in [2.75, 3.05) is 0 Å². The lowest BCUT2D eigenvalue weighted by atomic mass is 10.1. The number of esters is 1. The molecular formula is C15H13N3O4. The van der Waals surface area contributed by atoms with Crippen molar-refractivity contribution >= 4 is 16.7 Å². The van der Waals surface area contributed by atoms with Crippen molar-refractivity contribution in [1.82, 2.24) is 15.4 Å². The molecule has 0 bridgehead atoms. The Balaban J connectivity index is 1.74. The molecule has 0 aliphatic rings. The molecule has 2 aromatic heterocycles. The standard InChI is InChI=1S/C15H13N3O4/c1-9-6-10(22-18-9)8-21-14(19)7-13-11-4-2-3-5-12(11)15(20)17-16-13/h2-6H,7-8H2,1H3,(H,17,20). The minimum Gasteiger partial charge on any atom is -0.457 e. The molecule has 0 atom stereocenters. The van der Waals surface area contributed by atoms with Crippen molar-refractivity contribution in [3.8, 4) is 0 Å². The quantitative estimate of drug-likeness (QED) is 0.733. The zero-order valence-corrected chi connectivity index (χ0v) is 11.8. The third-order valence-corrected chi connectivity index (χ3v) is 3.14. The normalized spacial score (nSPS) is 10.8. The Morgan fingerprint density at radius 3 is 2.82 bits per heavy atom. The number of carbonyl (C=O) groups is 1. The second-order valence-electron chi connectivity index (χ2n) is 4.82. The second kappa shape index (κ2) is 5.80. The molecule has 3 aromatic rings. The SMILES string of the molecule is Cc1cc(COC(=O)Cc2n[nH]c(=O)c3ccccc23)on1. The zero-order valence-electron chi connectivity index (χ0n) is 11.8. The number of benzene rings is 1. The summed E-state index contributed by atoms with van der Waals surface area (Å²) in [6.07, 6.45) is -0.0373. The summed E-state index contributed by atoms with van der Waals surface area (Å²) in [4.78, 5) is 23.6. The van der Waals surface area contributed by atoms with Crippen molar-refractivity contribution in [2.24, 2.45) is 0 Å². The monoisotopic (exact) mass is 299 g/mol. The van der Waals surface area contributed by atoms with Crippen molar-refractivity contribution in [1.29, 1.82) is 0 Å². The van der Waals surface area contributed by atoms with E-state index < -0.39 is 5.97 Å². The summed E-state index contributed by atoms with van der Waals surface area (Å²) in [6.45, 7) is 1.80. The van der Waals surface area contributed by atoms with E-state index in [0.29, 0.717) is 22.2 Å². The largest absolute Gasteiger partial charge is 0.457 e. The first kappa shape index (κ1) is 14.0. The van der Waals surface area contributed by atoms with E-state index in [1.165, 1.54) is 0 Å². The third-order valence-electron chi connectivity index (χ3n) is 3.14. The van der Waals surface area contributed by atoms with Crippen LogP contribution in [0, 0.1) is 6.92 Å². The van der Waals surface area contributed by atoms with E-state index in [1.54, 1.807) is 37.3 Å². The van der Waals surface area contributed by atoms with Gasteiger partial charge in [-0.05, 0) is 13.0 Å². The molecule has 112 valence electrons. The van der Waals surface area contributed by atoms with Gasteiger partial charge in [-0.3, -0.25) is 9.59 Å². The number of fused-ring (bicyclic) bond motifs is 1. The Hall–Kier alpha value is -2.96. The lowest BCUT2D eigenvalue weighted by molar-refractivity contribution is -0.144. The number of carbonyl (C=O) groups excluding carboxylic acids is 1. The maximum absolute atomic E-state index is 11.9. The number of hydrogen-bond acceptors (Lipinski definition) is 6. The van der Waals surface area contributed by atoms with E-state index in [0.717, 1.165) is 5.69 Å². The van der Waals surface area contributed by atoms with Gasteiger partial charge in [0.2, 0.25) is 0 Å². The van der Waals surface area contributed by atoms with Crippen LogP contribution < -0.4 is 5.56 Å². The van der Waals surface area contributed by atoms with Crippen molar-refractivity contribution < 1.29 is 14.1 Å². The number of rotatable bonds is 4. The highest BCUT2D eigenvalue weighted by atomic mass is 16.5. The molecule has 0 radical (unpaired) electrons. The van der Waals surface area contributed by atoms with Crippen LogP contribution in [0.3, 0.4) is 0 Å². The maximum atomic E-state index is 11.9. The van der Waals surface area contributed by atoms with Crippen molar-refractivity contribution in [2.45, 2.75) is 20.0 Å². The molecule has 0 amide bonds. The Kier molecular flexibility index (Phi) is 3.69. The molecule has 0 unspecified atom stereocenters. The summed E-state index contributed by atoms with van der Waals surface area (Å²) in [7, 11) is 0. The number of nitrogens with zero attached hydrogens (tertiary/aromatic N) is 2. The molecule has 7 heteroatoms. The smallest absolute Gasteiger partial charge is 0.312 e. The molecular weight excluding hydrogens is 286 g/mol. The first-order chi connectivity index (χ1) is 10.6.